The zero-order chi connectivity index (χ0) is 12.8. The maximum atomic E-state index is 9.45. The standard InChI is InChI=1S/C8H12N2O.H2O4S/c9-6-8(10,11)7-4-2-1-3-5-7;1-5(2,3)4/h1-5,11H,6,9-10H2;(H2,1,2,3,4). The van der Waals surface area contributed by atoms with Crippen LogP contribution in [0, 0.1) is 0 Å². The highest BCUT2D eigenvalue weighted by molar-refractivity contribution is 7.79. The van der Waals surface area contributed by atoms with Crippen LogP contribution < -0.4 is 11.5 Å². The van der Waals surface area contributed by atoms with E-state index in [1.807, 2.05) is 18.2 Å². The van der Waals surface area contributed by atoms with E-state index in [0.717, 1.165) is 0 Å². The van der Waals surface area contributed by atoms with Gasteiger partial charge in [0, 0.05) is 6.54 Å². The molecule has 0 bridgehead atoms. The monoisotopic (exact) mass is 250 g/mol. The van der Waals surface area contributed by atoms with E-state index in [9.17, 15) is 5.11 Å². The fourth-order valence-corrected chi connectivity index (χ4v) is 0.845. The molecule has 92 valence electrons. The summed E-state index contributed by atoms with van der Waals surface area (Å²) in [7, 11) is -4.67. The minimum Gasteiger partial charge on any atom is -0.370 e. The first-order valence-electron chi connectivity index (χ1n) is 4.13. The first-order valence-corrected chi connectivity index (χ1v) is 5.53. The summed E-state index contributed by atoms with van der Waals surface area (Å²) in [5.74, 6) is 0. The number of nitrogens with two attached hydrogens (primary N) is 2. The summed E-state index contributed by atoms with van der Waals surface area (Å²) < 4.78 is 31.6. The minimum atomic E-state index is -4.67. The van der Waals surface area contributed by atoms with Gasteiger partial charge in [0.1, 0.15) is 0 Å². The predicted octanol–water partition coefficient (Wildman–Crippen LogP) is -0.904. The second kappa shape index (κ2) is 5.89. The molecule has 1 rings (SSSR count). The molecule has 0 radical (unpaired) electrons. The van der Waals surface area contributed by atoms with Crippen LogP contribution in [0.1, 0.15) is 5.56 Å². The average molecular weight is 250 g/mol. The molecule has 0 amide bonds. The second-order valence-corrected chi connectivity index (χ2v) is 3.84. The molecular formula is C8H14N2O5S. The molecule has 1 atom stereocenters. The molecule has 7 nitrogen and oxygen atoms in total. The van der Waals surface area contributed by atoms with Gasteiger partial charge in [-0.15, -0.1) is 0 Å². The smallest absolute Gasteiger partial charge is 0.370 e. The molecule has 1 unspecified atom stereocenters. The molecule has 0 aliphatic rings. The molecule has 7 N–H and O–H groups in total. The quantitative estimate of drug-likeness (QED) is 0.337. The molecular weight excluding hydrogens is 236 g/mol. The van der Waals surface area contributed by atoms with Crippen molar-refractivity contribution in [2.75, 3.05) is 6.54 Å². The fraction of sp³-hybridized carbons (Fsp3) is 0.250. The van der Waals surface area contributed by atoms with E-state index >= 15 is 0 Å². The Bertz CT molecular complexity index is 396. The molecule has 0 spiro atoms. The summed E-state index contributed by atoms with van der Waals surface area (Å²) in [4.78, 5) is 0. The van der Waals surface area contributed by atoms with Crippen LogP contribution in [0.25, 0.3) is 0 Å². The van der Waals surface area contributed by atoms with Gasteiger partial charge in [0.25, 0.3) is 0 Å². The van der Waals surface area contributed by atoms with Crippen LogP contribution >= 0.6 is 0 Å². The summed E-state index contributed by atoms with van der Waals surface area (Å²) in [6, 6.07) is 8.96. The van der Waals surface area contributed by atoms with Gasteiger partial charge in [-0.25, -0.2) is 0 Å². The number of benzene rings is 1. The van der Waals surface area contributed by atoms with Crippen molar-refractivity contribution in [2.45, 2.75) is 5.72 Å². The zero-order valence-corrected chi connectivity index (χ0v) is 9.13. The van der Waals surface area contributed by atoms with Gasteiger partial charge < -0.3 is 10.8 Å². The molecule has 0 saturated carbocycles. The summed E-state index contributed by atoms with van der Waals surface area (Å²) >= 11 is 0. The Morgan fingerprint density at radius 1 is 1.19 bits per heavy atom. The molecule has 0 aromatic heterocycles. The number of hydrogen-bond donors (Lipinski definition) is 5. The van der Waals surface area contributed by atoms with E-state index in [1.54, 1.807) is 12.1 Å². The van der Waals surface area contributed by atoms with Gasteiger partial charge in [-0.2, -0.15) is 8.42 Å². The third-order valence-electron chi connectivity index (χ3n) is 1.58. The van der Waals surface area contributed by atoms with Crippen molar-refractivity contribution in [3.05, 3.63) is 35.9 Å². The lowest BCUT2D eigenvalue weighted by Crippen LogP contribution is -2.43. The van der Waals surface area contributed by atoms with Gasteiger partial charge in [-0.05, 0) is 5.56 Å². The van der Waals surface area contributed by atoms with Crippen molar-refractivity contribution >= 4 is 10.4 Å². The van der Waals surface area contributed by atoms with Crippen LogP contribution in [0.2, 0.25) is 0 Å². The van der Waals surface area contributed by atoms with Gasteiger partial charge in [0.15, 0.2) is 5.72 Å². The van der Waals surface area contributed by atoms with Crippen molar-refractivity contribution < 1.29 is 22.6 Å². The molecule has 0 fully saturated rings. The van der Waals surface area contributed by atoms with Gasteiger partial charge in [-0.3, -0.25) is 14.8 Å². The Morgan fingerprint density at radius 3 is 1.88 bits per heavy atom. The van der Waals surface area contributed by atoms with Gasteiger partial charge in [0.2, 0.25) is 0 Å². The fourth-order valence-electron chi connectivity index (χ4n) is 0.845. The molecule has 0 heterocycles. The lowest BCUT2D eigenvalue weighted by Gasteiger charge is -2.20. The van der Waals surface area contributed by atoms with Crippen LogP contribution in [0.4, 0.5) is 0 Å². The van der Waals surface area contributed by atoms with Gasteiger partial charge >= 0.3 is 10.4 Å². The molecule has 1 aromatic rings. The summed E-state index contributed by atoms with van der Waals surface area (Å²) in [5.41, 5.74) is 9.98. The van der Waals surface area contributed by atoms with Crippen molar-refractivity contribution in [1.82, 2.24) is 0 Å². The maximum absolute atomic E-state index is 9.45. The third-order valence-corrected chi connectivity index (χ3v) is 1.58. The van der Waals surface area contributed by atoms with E-state index in [0.29, 0.717) is 5.56 Å². The van der Waals surface area contributed by atoms with Crippen LogP contribution in [-0.2, 0) is 16.1 Å². The maximum Gasteiger partial charge on any atom is 0.394 e. The third kappa shape index (κ3) is 7.29. The first-order chi connectivity index (χ1) is 7.17. The normalized spacial score (nSPS) is 14.6. The SMILES string of the molecule is NCC(N)(O)c1ccccc1.O=S(=O)(O)O. The highest BCUT2D eigenvalue weighted by atomic mass is 32.3. The number of aliphatic hydroxyl groups is 1. The molecule has 0 saturated heterocycles. The van der Waals surface area contributed by atoms with Crippen molar-refractivity contribution in [3.63, 3.8) is 0 Å². The average Bonchev–Trinajstić information content (AvgIpc) is 2.17. The van der Waals surface area contributed by atoms with E-state index in [-0.39, 0.29) is 6.54 Å². The Hall–Kier alpha value is -1.03. The minimum absolute atomic E-state index is 0.0248. The van der Waals surface area contributed by atoms with Crippen molar-refractivity contribution in [1.29, 1.82) is 0 Å². The highest BCUT2D eigenvalue weighted by Gasteiger charge is 2.20. The van der Waals surface area contributed by atoms with E-state index in [2.05, 4.69) is 0 Å². The highest BCUT2D eigenvalue weighted by Crippen LogP contribution is 2.11. The Labute approximate surface area is 93.3 Å². The van der Waals surface area contributed by atoms with E-state index in [1.165, 1.54) is 0 Å². The van der Waals surface area contributed by atoms with Gasteiger partial charge in [-0.1, -0.05) is 30.3 Å². The summed E-state index contributed by atoms with van der Waals surface area (Å²) in [5, 5.41) is 9.45. The van der Waals surface area contributed by atoms with Crippen molar-refractivity contribution in [2.24, 2.45) is 11.5 Å². The second-order valence-electron chi connectivity index (χ2n) is 2.94. The molecule has 16 heavy (non-hydrogen) atoms. The number of rotatable bonds is 2. The summed E-state index contributed by atoms with van der Waals surface area (Å²) in [6.45, 7) is 0.0248. The lowest BCUT2D eigenvalue weighted by atomic mass is 10.0. The zero-order valence-electron chi connectivity index (χ0n) is 8.31. The first kappa shape index (κ1) is 15.0. The molecule has 1 aromatic carbocycles. The Balaban J connectivity index is 0.000000385. The predicted molar refractivity (Wildman–Crippen MR) is 57.8 cm³/mol. The molecule has 0 aliphatic heterocycles. The van der Waals surface area contributed by atoms with Crippen LogP contribution in [0.15, 0.2) is 30.3 Å². The van der Waals surface area contributed by atoms with Crippen LogP contribution in [-0.4, -0.2) is 29.2 Å². The number of hydrogen-bond acceptors (Lipinski definition) is 5. The topological polar surface area (TPSA) is 147 Å². The van der Waals surface area contributed by atoms with Crippen LogP contribution in [0.5, 0.6) is 0 Å². The summed E-state index contributed by atoms with van der Waals surface area (Å²) in [6.07, 6.45) is 0. The van der Waals surface area contributed by atoms with E-state index in [4.69, 9.17) is 29.0 Å². The van der Waals surface area contributed by atoms with Crippen LogP contribution in [0.3, 0.4) is 0 Å². The molecule has 8 heteroatoms. The largest absolute Gasteiger partial charge is 0.394 e. The molecule has 0 aliphatic carbocycles. The van der Waals surface area contributed by atoms with Crippen molar-refractivity contribution in [3.8, 4) is 0 Å². The lowest BCUT2D eigenvalue weighted by molar-refractivity contribution is 0.0531. The Kier molecular flexibility index (Phi) is 5.51. The van der Waals surface area contributed by atoms with Gasteiger partial charge in [0.05, 0.1) is 0 Å². The van der Waals surface area contributed by atoms with E-state index < -0.39 is 16.1 Å². The Morgan fingerprint density at radius 2 is 1.56 bits per heavy atom.